The maximum Gasteiger partial charge on any atom is 0.407 e. The highest BCUT2D eigenvalue weighted by Gasteiger charge is 2.47. The van der Waals surface area contributed by atoms with Gasteiger partial charge in [-0.05, 0) is 38.5 Å². The Bertz CT molecular complexity index is 625. The molecule has 1 aliphatic heterocycles. The van der Waals surface area contributed by atoms with Gasteiger partial charge in [-0.3, -0.25) is 4.79 Å². The monoisotopic (exact) mass is 339 g/mol. The summed E-state index contributed by atoms with van der Waals surface area (Å²) in [5.41, 5.74) is -1.98. The van der Waals surface area contributed by atoms with Crippen molar-refractivity contribution in [2.45, 2.75) is 38.9 Å². The van der Waals surface area contributed by atoms with Crippen LogP contribution in [0.5, 0.6) is 0 Å². The zero-order valence-corrected chi connectivity index (χ0v) is 14.0. The molecule has 0 spiro atoms. The van der Waals surface area contributed by atoms with Gasteiger partial charge in [-0.25, -0.2) is 9.18 Å². The molecule has 132 valence electrons. The van der Waals surface area contributed by atoms with E-state index in [1.165, 1.54) is 24.3 Å². The number of carboxylic acid groups (broad SMARTS) is 1. The van der Waals surface area contributed by atoms with Gasteiger partial charge in [0, 0.05) is 13.0 Å². The number of nitrogens with zero attached hydrogens (tertiary/aromatic N) is 1. The molecule has 0 aliphatic carbocycles. The van der Waals surface area contributed by atoms with Gasteiger partial charge in [0.2, 0.25) is 0 Å². The zero-order valence-electron chi connectivity index (χ0n) is 14.0. The molecule has 1 aromatic rings. The van der Waals surface area contributed by atoms with Crippen LogP contribution in [0, 0.1) is 11.2 Å². The number of esters is 1. The molecule has 0 radical (unpaired) electrons. The fourth-order valence-corrected chi connectivity index (χ4v) is 2.59. The summed E-state index contributed by atoms with van der Waals surface area (Å²) in [4.78, 5) is 24.5. The van der Waals surface area contributed by atoms with Gasteiger partial charge >= 0.3 is 12.1 Å². The average Bonchev–Trinajstić information content (AvgIpc) is 2.48. The third-order valence-electron chi connectivity index (χ3n) is 4.16. The number of aliphatic hydroxyl groups is 1. The van der Waals surface area contributed by atoms with Crippen LogP contribution in [0.15, 0.2) is 24.3 Å². The Labute approximate surface area is 139 Å². The summed E-state index contributed by atoms with van der Waals surface area (Å²) < 4.78 is 18.6. The number of carbonyl (C=O) groups excluding carboxylic acids is 1. The maximum atomic E-state index is 13.2. The van der Waals surface area contributed by atoms with Crippen LogP contribution in [-0.4, -0.2) is 46.4 Å². The predicted molar refractivity (Wildman–Crippen MR) is 83.8 cm³/mol. The smallest absolute Gasteiger partial charge is 0.407 e. The minimum absolute atomic E-state index is 0.0486. The van der Waals surface area contributed by atoms with Crippen LogP contribution in [0.2, 0.25) is 0 Å². The van der Waals surface area contributed by atoms with Gasteiger partial charge in [0.05, 0.1) is 12.0 Å². The van der Waals surface area contributed by atoms with E-state index in [2.05, 4.69) is 0 Å². The summed E-state index contributed by atoms with van der Waals surface area (Å²) in [5, 5.41) is 20.3. The summed E-state index contributed by atoms with van der Waals surface area (Å²) in [6, 6.07) is 5.26. The minimum Gasteiger partial charge on any atom is -0.465 e. The Morgan fingerprint density at radius 2 is 1.88 bits per heavy atom. The molecule has 1 fully saturated rings. The van der Waals surface area contributed by atoms with Crippen molar-refractivity contribution in [1.29, 1.82) is 0 Å². The van der Waals surface area contributed by atoms with Gasteiger partial charge in [-0.15, -0.1) is 0 Å². The first-order valence-electron chi connectivity index (χ1n) is 7.71. The summed E-state index contributed by atoms with van der Waals surface area (Å²) in [6.45, 7) is 4.95. The maximum absolute atomic E-state index is 13.2. The third kappa shape index (κ3) is 3.67. The third-order valence-corrected chi connectivity index (χ3v) is 4.16. The quantitative estimate of drug-likeness (QED) is 0.808. The SMILES string of the molecule is CC(C)(C)C(=O)O[C@H]1CN(C(=O)O)CC[C@]1(O)c1ccc(F)cc1. The predicted octanol–water partition coefficient (Wildman–Crippen LogP) is 2.35. The van der Waals surface area contributed by atoms with E-state index in [1.54, 1.807) is 20.8 Å². The van der Waals surface area contributed by atoms with Crippen molar-refractivity contribution >= 4 is 12.1 Å². The molecular weight excluding hydrogens is 317 g/mol. The average molecular weight is 339 g/mol. The second kappa shape index (κ2) is 6.39. The fourth-order valence-electron chi connectivity index (χ4n) is 2.59. The first kappa shape index (κ1) is 18.2. The van der Waals surface area contributed by atoms with E-state index in [1.807, 2.05) is 0 Å². The van der Waals surface area contributed by atoms with Gasteiger partial charge in [0.15, 0.2) is 6.10 Å². The van der Waals surface area contributed by atoms with E-state index in [0.29, 0.717) is 5.56 Å². The van der Waals surface area contributed by atoms with Crippen LogP contribution >= 0.6 is 0 Å². The molecule has 1 amide bonds. The van der Waals surface area contributed by atoms with E-state index >= 15 is 0 Å². The van der Waals surface area contributed by atoms with Gasteiger partial charge in [-0.1, -0.05) is 12.1 Å². The van der Waals surface area contributed by atoms with Gasteiger partial charge in [0.1, 0.15) is 11.4 Å². The normalized spacial score (nSPS) is 24.5. The van der Waals surface area contributed by atoms with E-state index < -0.39 is 35.0 Å². The van der Waals surface area contributed by atoms with Crippen molar-refractivity contribution in [3.63, 3.8) is 0 Å². The number of benzene rings is 1. The Kier molecular flexibility index (Phi) is 4.85. The lowest BCUT2D eigenvalue weighted by Crippen LogP contribution is -2.57. The molecule has 2 N–H and O–H groups in total. The number of hydrogen-bond acceptors (Lipinski definition) is 4. The van der Waals surface area contributed by atoms with Gasteiger partial charge in [-0.2, -0.15) is 0 Å². The van der Waals surface area contributed by atoms with Crippen LogP contribution in [0.3, 0.4) is 0 Å². The van der Waals surface area contributed by atoms with Crippen LogP contribution in [-0.2, 0) is 15.1 Å². The lowest BCUT2D eigenvalue weighted by molar-refractivity contribution is -0.185. The number of rotatable bonds is 2. The number of hydrogen-bond donors (Lipinski definition) is 2. The summed E-state index contributed by atoms with van der Waals surface area (Å²) in [5.74, 6) is -0.992. The van der Waals surface area contributed by atoms with Crippen molar-refractivity contribution < 1.29 is 28.9 Å². The lowest BCUT2D eigenvalue weighted by Gasteiger charge is -2.43. The molecule has 1 aliphatic rings. The van der Waals surface area contributed by atoms with Crippen LogP contribution in [0.4, 0.5) is 9.18 Å². The van der Waals surface area contributed by atoms with Crippen molar-refractivity contribution in [3.8, 4) is 0 Å². The number of halogens is 1. The topological polar surface area (TPSA) is 87.1 Å². The number of amides is 1. The molecule has 6 nitrogen and oxygen atoms in total. The first-order valence-corrected chi connectivity index (χ1v) is 7.71. The Morgan fingerprint density at radius 3 is 2.38 bits per heavy atom. The van der Waals surface area contributed by atoms with Crippen molar-refractivity contribution in [3.05, 3.63) is 35.6 Å². The second-order valence-corrected chi connectivity index (χ2v) is 7.05. The summed E-state index contributed by atoms with van der Waals surface area (Å²) >= 11 is 0. The summed E-state index contributed by atoms with van der Waals surface area (Å²) in [7, 11) is 0. The van der Waals surface area contributed by atoms with Crippen LogP contribution in [0.25, 0.3) is 0 Å². The van der Waals surface area contributed by atoms with Crippen LogP contribution in [0.1, 0.15) is 32.8 Å². The van der Waals surface area contributed by atoms with Crippen molar-refractivity contribution in [2.75, 3.05) is 13.1 Å². The second-order valence-electron chi connectivity index (χ2n) is 7.05. The number of likely N-dealkylation sites (tertiary alicyclic amines) is 1. The van der Waals surface area contributed by atoms with Gasteiger partial charge in [0.25, 0.3) is 0 Å². The summed E-state index contributed by atoms with van der Waals surface area (Å²) in [6.07, 6.45) is -2.17. The largest absolute Gasteiger partial charge is 0.465 e. The first-order chi connectivity index (χ1) is 11.0. The molecule has 0 bridgehead atoms. The van der Waals surface area contributed by atoms with Crippen LogP contribution < -0.4 is 0 Å². The molecule has 0 unspecified atom stereocenters. The minimum atomic E-state index is -1.57. The van der Waals surface area contributed by atoms with E-state index in [4.69, 9.17) is 4.74 Å². The highest BCUT2D eigenvalue weighted by atomic mass is 19.1. The molecule has 7 heteroatoms. The Hall–Kier alpha value is -2.15. The lowest BCUT2D eigenvalue weighted by atomic mass is 9.81. The number of carbonyl (C=O) groups is 2. The Morgan fingerprint density at radius 1 is 1.29 bits per heavy atom. The van der Waals surface area contributed by atoms with Crippen molar-refractivity contribution in [1.82, 2.24) is 4.90 Å². The molecule has 2 atom stereocenters. The van der Waals surface area contributed by atoms with E-state index in [-0.39, 0.29) is 19.5 Å². The molecule has 1 aromatic carbocycles. The highest BCUT2D eigenvalue weighted by Crippen LogP contribution is 2.36. The van der Waals surface area contributed by atoms with Gasteiger partial charge < -0.3 is 19.8 Å². The van der Waals surface area contributed by atoms with E-state index in [0.717, 1.165) is 4.90 Å². The molecule has 2 rings (SSSR count). The number of piperidine rings is 1. The molecule has 0 aromatic heterocycles. The molecule has 1 heterocycles. The zero-order chi connectivity index (χ0) is 18.1. The highest BCUT2D eigenvalue weighted by molar-refractivity contribution is 5.75. The molecule has 1 saturated heterocycles. The van der Waals surface area contributed by atoms with Crippen molar-refractivity contribution in [2.24, 2.45) is 5.41 Å². The molecular formula is C17H22FNO5. The number of ether oxygens (including phenoxy) is 1. The molecule has 0 saturated carbocycles. The standard InChI is InChI=1S/C17H22FNO5/c1-16(2,3)14(20)24-13-10-19(15(21)22)9-8-17(13,23)11-4-6-12(18)7-5-11/h4-7,13,23H,8-10H2,1-3H3,(H,21,22)/t13-,17-/m0/s1. The molecule has 24 heavy (non-hydrogen) atoms. The Balaban J connectivity index is 2.34. The van der Waals surface area contributed by atoms with E-state index in [9.17, 15) is 24.2 Å². The fraction of sp³-hybridized carbons (Fsp3) is 0.529.